The van der Waals surface area contributed by atoms with Crippen molar-refractivity contribution >= 4 is 23.2 Å². The summed E-state index contributed by atoms with van der Waals surface area (Å²) in [5, 5.41) is 2.81. The molecule has 1 heterocycles. The molecule has 1 N–H and O–H groups in total. The van der Waals surface area contributed by atoms with Crippen LogP contribution in [0.1, 0.15) is 27.9 Å². The van der Waals surface area contributed by atoms with Gasteiger partial charge in [-0.2, -0.15) is 0 Å². The maximum absolute atomic E-state index is 14.4. The van der Waals surface area contributed by atoms with Crippen LogP contribution < -0.4 is 10.2 Å². The van der Waals surface area contributed by atoms with Gasteiger partial charge in [-0.15, -0.1) is 0 Å². The van der Waals surface area contributed by atoms with Crippen LogP contribution in [0.3, 0.4) is 0 Å². The molecule has 1 aliphatic rings. The number of hydrogen-bond donors (Lipinski definition) is 1. The zero-order valence-corrected chi connectivity index (χ0v) is 15.9. The molecule has 142 valence electrons. The lowest BCUT2D eigenvalue weighted by Gasteiger charge is -2.32. The van der Waals surface area contributed by atoms with E-state index in [4.69, 9.17) is 0 Å². The molecule has 2 amide bonds. The van der Waals surface area contributed by atoms with Gasteiger partial charge in [0, 0.05) is 31.9 Å². The van der Waals surface area contributed by atoms with E-state index in [-0.39, 0.29) is 24.2 Å². The SMILES string of the molecule is Cc1ccc(F)c2c1CCCN2CC(=O)Nc1cccc(C(=O)N(C)C)c1. The van der Waals surface area contributed by atoms with Gasteiger partial charge >= 0.3 is 0 Å². The Morgan fingerprint density at radius 1 is 1.22 bits per heavy atom. The van der Waals surface area contributed by atoms with Crippen LogP contribution in [0.4, 0.5) is 15.8 Å². The molecule has 2 aromatic carbocycles. The van der Waals surface area contributed by atoms with Crippen molar-refractivity contribution in [2.75, 3.05) is 37.4 Å². The van der Waals surface area contributed by atoms with Crippen LogP contribution in [0, 0.1) is 12.7 Å². The first kappa shape index (κ1) is 18.9. The van der Waals surface area contributed by atoms with Crippen molar-refractivity contribution in [3.63, 3.8) is 0 Å². The molecule has 2 aromatic rings. The third kappa shape index (κ3) is 4.10. The van der Waals surface area contributed by atoms with E-state index in [0.717, 1.165) is 24.0 Å². The molecule has 27 heavy (non-hydrogen) atoms. The van der Waals surface area contributed by atoms with Gasteiger partial charge in [0.2, 0.25) is 5.91 Å². The third-order valence-corrected chi connectivity index (χ3v) is 4.77. The molecule has 0 radical (unpaired) electrons. The van der Waals surface area contributed by atoms with Crippen molar-refractivity contribution in [2.45, 2.75) is 19.8 Å². The Labute approximate surface area is 158 Å². The van der Waals surface area contributed by atoms with Crippen molar-refractivity contribution in [2.24, 2.45) is 0 Å². The molecular weight excluding hydrogens is 345 g/mol. The standard InChI is InChI=1S/C21H24FN3O2/c1-14-9-10-18(22)20-17(14)8-5-11-25(20)13-19(26)23-16-7-4-6-15(12-16)21(27)24(2)3/h4,6-7,9-10,12H,5,8,11,13H2,1-3H3,(H,23,26). The van der Waals surface area contributed by atoms with Crippen LogP contribution in [0.25, 0.3) is 0 Å². The van der Waals surface area contributed by atoms with Gasteiger partial charge in [-0.05, 0) is 55.2 Å². The fraction of sp³-hybridized carbons (Fsp3) is 0.333. The van der Waals surface area contributed by atoms with Crippen molar-refractivity contribution in [1.29, 1.82) is 0 Å². The van der Waals surface area contributed by atoms with Crippen LogP contribution in [0.2, 0.25) is 0 Å². The van der Waals surface area contributed by atoms with E-state index in [9.17, 15) is 14.0 Å². The summed E-state index contributed by atoms with van der Waals surface area (Å²) in [6.45, 7) is 2.67. The van der Waals surface area contributed by atoms with Crippen molar-refractivity contribution < 1.29 is 14.0 Å². The summed E-state index contributed by atoms with van der Waals surface area (Å²) in [6.07, 6.45) is 1.71. The molecule has 0 atom stereocenters. The molecule has 0 fully saturated rings. The Balaban J connectivity index is 1.74. The predicted octanol–water partition coefficient (Wildman–Crippen LogP) is 3.23. The number of nitrogens with zero attached hydrogens (tertiary/aromatic N) is 2. The number of rotatable bonds is 4. The fourth-order valence-corrected chi connectivity index (χ4v) is 3.44. The number of hydrogen-bond acceptors (Lipinski definition) is 3. The largest absolute Gasteiger partial charge is 0.360 e. The smallest absolute Gasteiger partial charge is 0.253 e. The average molecular weight is 369 g/mol. The molecular formula is C21H24FN3O2. The van der Waals surface area contributed by atoms with Crippen LogP contribution in [0.5, 0.6) is 0 Å². The van der Waals surface area contributed by atoms with E-state index in [1.807, 2.05) is 6.92 Å². The molecule has 6 heteroatoms. The number of nitrogens with one attached hydrogen (secondary N) is 1. The van der Waals surface area contributed by atoms with Crippen molar-refractivity contribution in [3.8, 4) is 0 Å². The van der Waals surface area contributed by atoms with Gasteiger partial charge in [0.05, 0.1) is 12.2 Å². The molecule has 1 aliphatic heterocycles. The summed E-state index contributed by atoms with van der Waals surface area (Å²) in [4.78, 5) is 27.9. The van der Waals surface area contributed by atoms with Gasteiger partial charge < -0.3 is 15.1 Å². The number of benzene rings is 2. The highest BCUT2D eigenvalue weighted by Gasteiger charge is 2.24. The number of carbonyl (C=O) groups is 2. The summed E-state index contributed by atoms with van der Waals surface area (Å²) < 4.78 is 14.4. The first-order valence-corrected chi connectivity index (χ1v) is 9.01. The maximum atomic E-state index is 14.4. The highest BCUT2D eigenvalue weighted by atomic mass is 19.1. The molecule has 3 rings (SSSR count). The van der Waals surface area contributed by atoms with Gasteiger partial charge in [-0.3, -0.25) is 9.59 Å². The van der Waals surface area contributed by atoms with E-state index >= 15 is 0 Å². The molecule has 0 spiro atoms. The zero-order valence-electron chi connectivity index (χ0n) is 15.9. The highest BCUT2D eigenvalue weighted by molar-refractivity contribution is 5.98. The minimum atomic E-state index is -0.290. The molecule has 0 unspecified atom stereocenters. The van der Waals surface area contributed by atoms with Gasteiger partial charge in [-0.25, -0.2) is 4.39 Å². The lowest BCUT2D eigenvalue weighted by atomic mass is 9.96. The lowest BCUT2D eigenvalue weighted by Crippen LogP contribution is -2.37. The summed E-state index contributed by atoms with van der Waals surface area (Å²) in [7, 11) is 3.36. The van der Waals surface area contributed by atoms with Crippen LogP contribution in [-0.2, 0) is 11.2 Å². The first-order chi connectivity index (χ1) is 12.9. The molecule has 0 aromatic heterocycles. The summed E-state index contributed by atoms with van der Waals surface area (Å²) in [6, 6.07) is 10.1. The number of aryl methyl sites for hydroxylation is 1. The zero-order chi connectivity index (χ0) is 19.6. The first-order valence-electron chi connectivity index (χ1n) is 9.01. The summed E-state index contributed by atoms with van der Waals surface area (Å²) in [5.74, 6) is -0.659. The Kier molecular flexibility index (Phi) is 5.44. The van der Waals surface area contributed by atoms with E-state index in [1.165, 1.54) is 11.0 Å². The van der Waals surface area contributed by atoms with Gasteiger partial charge in [0.25, 0.3) is 5.91 Å². The Morgan fingerprint density at radius 3 is 2.74 bits per heavy atom. The third-order valence-electron chi connectivity index (χ3n) is 4.77. The average Bonchev–Trinajstić information content (AvgIpc) is 2.64. The van der Waals surface area contributed by atoms with Gasteiger partial charge in [0.15, 0.2) is 0 Å². The molecule has 0 saturated carbocycles. The maximum Gasteiger partial charge on any atom is 0.253 e. The predicted molar refractivity (Wildman–Crippen MR) is 105 cm³/mol. The van der Waals surface area contributed by atoms with E-state index in [2.05, 4.69) is 5.32 Å². The summed E-state index contributed by atoms with van der Waals surface area (Å²) in [5.41, 5.74) is 3.62. The van der Waals surface area contributed by atoms with E-state index in [1.54, 1.807) is 49.3 Å². The second kappa shape index (κ2) is 7.78. The van der Waals surface area contributed by atoms with Gasteiger partial charge in [-0.1, -0.05) is 12.1 Å². The number of fused-ring (bicyclic) bond motifs is 1. The molecule has 0 aliphatic carbocycles. The Hall–Kier alpha value is -2.89. The Bertz CT molecular complexity index is 880. The number of anilines is 2. The molecule has 0 bridgehead atoms. The van der Waals surface area contributed by atoms with E-state index in [0.29, 0.717) is 23.5 Å². The minimum Gasteiger partial charge on any atom is -0.360 e. The monoisotopic (exact) mass is 369 g/mol. The van der Waals surface area contributed by atoms with Crippen LogP contribution in [0.15, 0.2) is 36.4 Å². The van der Waals surface area contributed by atoms with Crippen molar-refractivity contribution in [3.05, 3.63) is 58.9 Å². The normalized spacial score (nSPS) is 13.1. The lowest BCUT2D eigenvalue weighted by molar-refractivity contribution is -0.115. The molecule has 5 nitrogen and oxygen atoms in total. The number of halogens is 1. The Morgan fingerprint density at radius 2 is 2.00 bits per heavy atom. The van der Waals surface area contributed by atoms with E-state index < -0.39 is 0 Å². The second-order valence-electron chi connectivity index (χ2n) is 7.05. The minimum absolute atomic E-state index is 0.0687. The fourth-order valence-electron chi connectivity index (χ4n) is 3.44. The summed E-state index contributed by atoms with van der Waals surface area (Å²) >= 11 is 0. The number of amides is 2. The molecule has 0 saturated heterocycles. The number of carbonyl (C=O) groups excluding carboxylic acids is 2. The highest BCUT2D eigenvalue weighted by Crippen LogP contribution is 2.32. The topological polar surface area (TPSA) is 52.7 Å². The van der Waals surface area contributed by atoms with Crippen LogP contribution >= 0.6 is 0 Å². The van der Waals surface area contributed by atoms with Gasteiger partial charge in [0.1, 0.15) is 5.82 Å². The van der Waals surface area contributed by atoms with Crippen LogP contribution in [-0.4, -0.2) is 43.9 Å². The second-order valence-corrected chi connectivity index (χ2v) is 7.05. The quantitative estimate of drug-likeness (QED) is 0.900. The van der Waals surface area contributed by atoms with Crippen molar-refractivity contribution in [1.82, 2.24) is 4.90 Å².